The number of piperazine rings is 1. The van der Waals surface area contributed by atoms with Crippen molar-refractivity contribution in [1.82, 2.24) is 9.21 Å². The highest BCUT2D eigenvalue weighted by Crippen LogP contribution is 2.24. The first kappa shape index (κ1) is 16.6. The second-order valence-corrected chi connectivity index (χ2v) is 8.07. The quantitative estimate of drug-likeness (QED) is 0.781. The Labute approximate surface area is 134 Å². The molecule has 1 saturated heterocycles. The Kier molecular flexibility index (Phi) is 5.19. The summed E-state index contributed by atoms with van der Waals surface area (Å²) >= 11 is 7.65. The summed E-state index contributed by atoms with van der Waals surface area (Å²) in [5.41, 5.74) is 0.469. The maximum atomic E-state index is 12.5. The van der Waals surface area contributed by atoms with Gasteiger partial charge in [0.15, 0.2) is 0 Å². The van der Waals surface area contributed by atoms with Crippen LogP contribution in [0.25, 0.3) is 0 Å². The van der Waals surface area contributed by atoms with E-state index in [4.69, 9.17) is 11.6 Å². The van der Waals surface area contributed by atoms with E-state index in [1.54, 1.807) is 28.8 Å². The third kappa shape index (κ3) is 3.91. The summed E-state index contributed by atoms with van der Waals surface area (Å²) in [4.78, 5) is 15.1. The molecular formula is C13H17ClN2O3S2. The number of nitrogens with zero attached hydrogens (tertiary/aromatic N) is 2. The van der Waals surface area contributed by atoms with E-state index in [1.165, 1.54) is 10.6 Å². The zero-order chi connectivity index (χ0) is 15.6. The summed E-state index contributed by atoms with van der Waals surface area (Å²) < 4.78 is 24.3. The molecule has 0 atom stereocenters. The molecule has 0 spiro atoms. The van der Waals surface area contributed by atoms with Gasteiger partial charge in [0.05, 0.1) is 16.8 Å². The van der Waals surface area contributed by atoms with Crippen molar-refractivity contribution >= 4 is 39.3 Å². The van der Waals surface area contributed by atoms with Crippen molar-refractivity contribution in [2.45, 2.75) is 4.90 Å². The molecule has 1 aromatic carbocycles. The Morgan fingerprint density at radius 1 is 1.24 bits per heavy atom. The second-order valence-electron chi connectivity index (χ2n) is 4.80. The van der Waals surface area contributed by atoms with Gasteiger partial charge in [0.1, 0.15) is 0 Å². The Bertz CT molecular complexity index is 641. The molecule has 0 unspecified atom stereocenters. The van der Waals surface area contributed by atoms with E-state index in [1.807, 2.05) is 12.3 Å². The number of thioether (sulfide) groups is 1. The third-order valence-corrected chi connectivity index (χ3v) is 5.76. The fraction of sp³-hybridized carbons (Fsp3) is 0.462. The minimum absolute atomic E-state index is 0.149. The Morgan fingerprint density at radius 2 is 1.86 bits per heavy atom. The average molecular weight is 349 g/mol. The standard InChI is InChI=1S/C13H17ClN2O3S2/c1-20-10-3-4-12(14)11(9-10)13(17)15-5-7-16(8-6-15)21(2,18)19/h3-4,9H,5-8H2,1-2H3. The molecule has 1 aliphatic heterocycles. The van der Waals surface area contributed by atoms with E-state index in [0.717, 1.165) is 4.90 Å². The van der Waals surface area contributed by atoms with E-state index in [-0.39, 0.29) is 5.91 Å². The summed E-state index contributed by atoms with van der Waals surface area (Å²) in [6.45, 7) is 1.41. The van der Waals surface area contributed by atoms with Gasteiger partial charge in [-0.1, -0.05) is 11.6 Å². The molecule has 5 nitrogen and oxygen atoms in total. The Balaban J connectivity index is 2.12. The number of amides is 1. The predicted octanol–water partition coefficient (Wildman–Crippen LogP) is 1.78. The molecular weight excluding hydrogens is 332 g/mol. The average Bonchev–Trinajstić information content (AvgIpc) is 2.46. The topological polar surface area (TPSA) is 57.7 Å². The number of halogens is 1. The van der Waals surface area contributed by atoms with Crippen molar-refractivity contribution in [2.24, 2.45) is 0 Å². The van der Waals surface area contributed by atoms with Crippen molar-refractivity contribution in [3.05, 3.63) is 28.8 Å². The molecule has 1 fully saturated rings. The van der Waals surface area contributed by atoms with Gasteiger partial charge >= 0.3 is 0 Å². The van der Waals surface area contributed by atoms with Crippen molar-refractivity contribution in [1.29, 1.82) is 0 Å². The fourth-order valence-electron chi connectivity index (χ4n) is 2.19. The van der Waals surface area contributed by atoms with Gasteiger partial charge in [0.2, 0.25) is 10.0 Å². The minimum atomic E-state index is -3.19. The van der Waals surface area contributed by atoms with Crippen LogP contribution in [0, 0.1) is 0 Å². The molecule has 0 N–H and O–H groups in total. The summed E-state index contributed by atoms with van der Waals surface area (Å²) in [7, 11) is -3.19. The van der Waals surface area contributed by atoms with Crippen LogP contribution < -0.4 is 0 Å². The molecule has 21 heavy (non-hydrogen) atoms. The van der Waals surface area contributed by atoms with E-state index < -0.39 is 10.0 Å². The molecule has 1 heterocycles. The molecule has 1 aromatic rings. The highest BCUT2D eigenvalue weighted by atomic mass is 35.5. The van der Waals surface area contributed by atoms with Crippen molar-refractivity contribution in [2.75, 3.05) is 38.7 Å². The molecule has 0 aliphatic carbocycles. The lowest BCUT2D eigenvalue weighted by molar-refractivity contribution is 0.0698. The first-order valence-electron chi connectivity index (χ1n) is 6.41. The zero-order valence-electron chi connectivity index (χ0n) is 11.9. The summed E-state index contributed by atoms with van der Waals surface area (Å²) in [6, 6.07) is 5.36. The first-order chi connectivity index (χ1) is 9.82. The van der Waals surface area contributed by atoms with Crippen LogP contribution in [0.3, 0.4) is 0 Å². The first-order valence-corrected chi connectivity index (χ1v) is 9.86. The summed E-state index contributed by atoms with van der Waals surface area (Å²) in [5, 5.41) is 0.420. The number of benzene rings is 1. The number of rotatable bonds is 3. The molecule has 8 heteroatoms. The normalized spacial score (nSPS) is 17.0. The van der Waals surface area contributed by atoms with Crippen molar-refractivity contribution < 1.29 is 13.2 Å². The van der Waals surface area contributed by atoms with Gasteiger partial charge in [-0.2, -0.15) is 4.31 Å². The second kappa shape index (κ2) is 6.56. The Morgan fingerprint density at radius 3 is 2.38 bits per heavy atom. The van der Waals surface area contributed by atoms with Gasteiger partial charge in [-0.3, -0.25) is 4.79 Å². The molecule has 2 rings (SSSR count). The van der Waals surface area contributed by atoms with Gasteiger partial charge in [-0.05, 0) is 24.5 Å². The highest BCUT2D eigenvalue weighted by Gasteiger charge is 2.27. The third-order valence-electron chi connectivity index (χ3n) is 3.40. The van der Waals surface area contributed by atoms with Gasteiger partial charge in [-0.15, -0.1) is 11.8 Å². The maximum Gasteiger partial charge on any atom is 0.255 e. The highest BCUT2D eigenvalue weighted by molar-refractivity contribution is 7.98. The van der Waals surface area contributed by atoms with E-state index in [0.29, 0.717) is 36.8 Å². The molecule has 0 radical (unpaired) electrons. The molecule has 0 saturated carbocycles. The van der Waals surface area contributed by atoms with Crippen molar-refractivity contribution in [3.8, 4) is 0 Å². The van der Waals surface area contributed by atoms with Crippen LogP contribution in [0.15, 0.2) is 23.1 Å². The maximum absolute atomic E-state index is 12.5. The SMILES string of the molecule is CSc1ccc(Cl)c(C(=O)N2CCN(S(C)(=O)=O)CC2)c1. The molecule has 0 aromatic heterocycles. The number of sulfonamides is 1. The van der Waals surface area contributed by atoms with Crippen LogP contribution in [0.5, 0.6) is 0 Å². The minimum Gasteiger partial charge on any atom is -0.336 e. The number of hydrogen-bond acceptors (Lipinski definition) is 4. The molecule has 1 aliphatic rings. The van der Waals surface area contributed by atoms with Crippen LogP contribution in [0.2, 0.25) is 5.02 Å². The molecule has 0 bridgehead atoms. The van der Waals surface area contributed by atoms with Gasteiger partial charge < -0.3 is 4.90 Å². The summed E-state index contributed by atoms with van der Waals surface area (Å²) in [6.07, 6.45) is 3.12. The predicted molar refractivity (Wildman–Crippen MR) is 85.6 cm³/mol. The largest absolute Gasteiger partial charge is 0.336 e. The van der Waals surface area contributed by atoms with Gasteiger partial charge in [0.25, 0.3) is 5.91 Å². The van der Waals surface area contributed by atoms with Gasteiger partial charge in [-0.25, -0.2) is 8.42 Å². The molecule has 1 amide bonds. The van der Waals surface area contributed by atoms with Gasteiger partial charge in [0, 0.05) is 31.1 Å². The number of carbonyl (C=O) groups is 1. The van der Waals surface area contributed by atoms with Crippen molar-refractivity contribution in [3.63, 3.8) is 0 Å². The zero-order valence-corrected chi connectivity index (χ0v) is 14.3. The van der Waals surface area contributed by atoms with Crippen LogP contribution in [-0.4, -0.2) is 62.2 Å². The molecule has 116 valence electrons. The number of hydrogen-bond donors (Lipinski definition) is 0. The van der Waals surface area contributed by atoms with E-state index in [2.05, 4.69) is 0 Å². The van der Waals surface area contributed by atoms with Crippen LogP contribution >= 0.6 is 23.4 Å². The summed E-state index contributed by atoms with van der Waals surface area (Å²) in [5.74, 6) is -0.149. The lowest BCUT2D eigenvalue weighted by atomic mass is 10.2. The number of carbonyl (C=O) groups excluding carboxylic acids is 1. The van der Waals surface area contributed by atoms with Crippen LogP contribution in [0.1, 0.15) is 10.4 Å². The van der Waals surface area contributed by atoms with E-state index in [9.17, 15) is 13.2 Å². The van der Waals surface area contributed by atoms with E-state index >= 15 is 0 Å². The fourth-order valence-corrected chi connectivity index (χ4v) is 3.65. The lowest BCUT2D eigenvalue weighted by Crippen LogP contribution is -2.50. The monoisotopic (exact) mass is 348 g/mol. The Hall–Kier alpha value is -0.760. The smallest absolute Gasteiger partial charge is 0.255 e. The van der Waals surface area contributed by atoms with Crippen LogP contribution in [0.4, 0.5) is 0 Å². The van der Waals surface area contributed by atoms with Crippen LogP contribution in [-0.2, 0) is 10.0 Å². The lowest BCUT2D eigenvalue weighted by Gasteiger charge is -2.33.